The van der Waals surface area contributed by atoms with E-state index in [9.17, 15) is 8.42 Å². The third-order valence-corrected chi connectivity index (χ3v) is 6.28. The average Bonchev–Trinajstić information content (AvgIpc) is 3.27. The molecule has 1 saturated carbocycles. The molecular formula is C17H23N3O2S. The lowest BCUT2D eigenvalue weighted by atomic mass is 10.1. The zero-order valence-corrected chi connectivity index (χ0v) is 14.1. The fourth-order valence-corrected chi connectivity index (χ4v) is 5.10. The summed E-state index contributed by atoms with van der Waals surface area (Å²) in [6, 6.07) is 12.3. The molecule has 1 saturated heterocycles. The van der Waals surface area contributed by atoms with E-state index >= 15 is 0 Å². The summed E-state index contributed by atoms with van der Waals surface area (Å²) in [6.07, 6.45) is 3.26. The molecule has 0 radical (unpaired) electrons. The number of hydrogen-bond donors (Lipinski definition) is 1. The SMILES string of the molecule is N#CC1(CS(=O)(=O)NC2CCCN(Cc3ccccc3)C2)CC1. The zero-order valence-electron chi connectivity index (χ0n) is 13.2. The van der Waals surface area contributed by atoms with Crippen LogP contribution in [0.1, 0.15) is 31.2 Å². The van der Waals surface area contributed by atoms with E-state index in [1.165, 1.54) is 5.56 Å². The molecule has 1 heterocycles. The predicted molar refractivity (Wildman–Crippen MR) is 88.9 cm³/mol. The number of nitriles is 1. The lowest BCUT2D eigenvalue weighted by Crippen LogP contribution is -2.48. The van der Waals surface area contributed by atoms with E-state index in [1.807, 2.05) is 18.2 Å². The van der Waals surface area contributed by atoms with Gasteiger partial charge in [-0.3, -0.25) is 4.90 Å². The summed E-state index contributed by atoms with van der Waals surface area (Å²) in [4.78, 5) is 2.29. The van der Waals surface area contributed by atoms with E-state index in [0.29, 0.717) is 12.8 Å². The van der Waals surface area contributed by atoms with Crippen LogP contribution in [-0.2, 0) is 16.6 Å². The number of benzene rings is 1. The molecule has 1 unspecified atom stereocenters. The van der Waals surface area contributed by atoms with Crippen molar-refractivity contribution in [3.8, 4) is 6.07 Å². The van der Waals surface area contributed by atoms with Crippen LogP contribution >= 0.6 is 0 Å². The fourth-order valence-electron chi connectivity index (χ4n) is 3.24. The Morgan fingerprint density at radius 2 is 2.04 bits per heavy atom. The summed E-state index contributed by atoms with van der Waals surface area (Å²) in [6.45, 7) is 2.57. The molecular weight excluding hydrogens is 310 g/mol. The Balaban J connectivity index is 1.55. The second-order valence-corrected chi connectivity index (χ2v) is 8.58. The summed E-state index contributed by atoms with van der Waals surface area (Å²) in [7, 11) is -3.38. The summed E-state index contributed by atoms with van der Waals surface area (Å²) in [5.41, 5.74) is 0.627. The molecule has 2 aliphatic rings. The molecule has 1 atom stereocenters. The van der Waals surface area contributed by atoms with E-state index in [4.69, 9.17) is 5.26 Å². The van der Waals surface area contributed by atoms with Crippen molar-refractivity contribution in [3.05, 3.63) is 35.9 Å². The van der Waals surface area contributed by atoms with Crippen molar-refractivity contribution in [1.82, 2.24) is 9.62 Å². The number of sulfonamides is 1. The number of nitrogens with zero attached hydrogens (tertiary/aromatic N) is 2. The van der Waals surface area contributed by atoms with Crippen molar-refractivity contribution in [2.24, 2.45) is 5.41 Å². The quantitative estimate of drug-likeness (QED) is 0.862. The first-order chi connectivity index (χ1) is 11.0. The molecule has 124 valence electrons. The second-order valence-electron chi connectivity index (χ2n) is 6.83. The van der Waals surface area contributed by atoms with Crippen LogP contribution in [-0.4, -0.2) is 38.2 Å². The lowest BCUT2D eigenvalue weighted by molar-refractivity contribution is 0.194. The molecule has 1 N–H and O–H groups in total. The number of hydrogen-bond acceptors (Lipinski definition) is 4. The van der Waals surface area contributed by atoms with Crippen LogP contribution in [0, 0.1) is 16.7 Å². The predicted octanol–water partition coefficient (Wildman–Crippen LogP) is 1.87. The molecule has 1 aliphatic carbocycles. The highest BCUT2D eigenvalue weighted by Gasteiger charge is 2.47. The Morgan fingerprint density at radius 1 is 1.30 bits per heavy atom. The zero-order chi connectivity index (χ0) is 16.3. The first-order valence-electron chi connectivity index (χ1n) is 8.18. The van der Waals surface area contributed by atoms with Crippen LogP contribution in [0.2, 0.25) is 0 Å². The van der Waals surface area contributed by atoms with Crippen LogP contribution in [0.25, 0.3) is 0 Å². The van der Waals surface area contributed by atoms with Gasteiger partial charge in [-0.1, -0.05) is 30.3 Å². The van der Waals surface area contributed by atoms with Gasteiger partial charge in [0.15, 0.2) is 0 Å². The maximum absolute atomic E-state index is 12.3. The topological polar surface area (TPSA) is 73.2 Å². The molecule has 1 aromatic carbocycles. The number of nitrogens with one attached hydrogen (secondary N) is 1. The highest BCUT2D eigenvalue weighted by atomic mass is 32.2. The molecule has 1 aliphatic heterocycles. The van der Waals surface area contributed by atoms with E-state index in [0.717, 1.165) is 32.5 Å². The fraction of sp³-hybridized carbons (Fsp3) is 0.588. The second kappa shape index (κ2) is 6.60. The summed E-state index contributed by atoms with van der Waals surface area (Å²) >= 11 is 0. The summed E-state index contributed by atoms with van der Waals surface area (Å²) in [5.74, 6) is -0.0499. The summed E-state index contributed by atoms with van der Waals surface area (Å²) < 4.78 is 27.4. The molecule has 0 spiro atoms. The van der Waals surface area contributed by atoms with Gasteiger partial charge in [-0.25, -0.2) is 13.1 Å². The number of rotatable bonds is 6. The van der Waals surface area contributed by atoms with Gasteiger partial charge in [0, 0.05) is 19.1 Å². The third kappa shape index (κ3) is 4.54. The molecule has 3 rings (SSSR count). The monoisotopic (exact) mass is 333 g/mol. The highest BCUT2D eigenvalue weighted by Crippen LogP contribution is 2.45. The minimum absolute atomic E-state index is 0.0491. The van der Waals surface area contributed by atoms with Gasteiger partial charge in [0.1, 0.15) is 0 Å². The third-order valence-electron chi connectivity index (χ3n) is 4.66. The van der Waals surface area contributed by atoms with Crippen LogP contribution in [0.4, 0.5) is 0 Å². The van der Waals surface area contributed by atoms with Gasteiger partial charge >= 0.3 is 0 Å². The van der Waals surface area contributed by atoms with E-state index < -0.39 is 15.4 Å². The van der Waals surface area contributed by atoms with E-state index in [1.54, 1.807) is 0 Å². The van der Waals surface area contributed by atoms with Crippen LogP contribution < -0.4 is 4.72 Å². The van der Waals surface area contributed by atoms with Gasteiger partial charge in [-0.15, -0.1) is 0 Å². The first kappa shape index (κ1) is 16.4. The maximum atomic E-state index is 12.3. The van der Waals surface area contributed by atoms with Crippen molar-refractivity contribution >= 4 is 10.0 Å². The Hall–Kier alpha value is -1.42. The minimum Gasteiger partial charge on any atom is -0.298 e. The molecule has 0 amide bonds. The van der Waals surface area contributed by atoms with Crippen LogP contribution in [0.15, 0.2) is 30.3 Å². The smallest absolute Gasteiger partial charge is 0.213 e. The van der Waals surface area contributed by atoms with Gasteiger partial charge in [-0.05, 0) is 37.8 Å². The van der Waals surface area contributed by atoms with Gasteiger partial charge in [0.2, 0.25) is 10.0 Å². The van der Waals surface area contributed by atoms with Crippen molar-refractivity contribution in [1.29, 1.82) is 5.26 Å². The van der Waals surface area contributed by atoms with Gasteiger partial charge in [0.05, 0.1) is 17.2 Å². The number of likely N-dealkylation sites (tertiary alicyclic amines) is 1. The highest BCUT2D eigenvalue weighted by molar-refractivity contribution is 7.89. The van der Waals surface area contributed by atoms with Crippen molar-refractivity contribution in [3.63, 3.8) is 0 Å². The molecule has 23 heavy (non-hydrogen) atoms. The summed E-state index contributed by atoms with van der Waals surface area (Å²) in [5, 5.41) is 9.08. The number of piperidine rings is 1. The van der Waals surface area contributed by atoms with E-state index in [2.05, 4.69) is 27.8 Å². The molecule has 6 heteroatoms. The van der Waals surface area contributed by atoms with Crippen molar-refractivity contribution in [2.75, 3.05) is 18.8 Å². The largest absolute Gasteiger partial charge is 0.298 e. The van der Waals surface area contributed by atoms with Gasteiger partial charge in [-0.2, -0.15) is 5.26 Å². The maximum Gasteiger partial charge on any atom is 0.213 e. The molecule has 0 bridgehead atoms. The Bertz CT molecular complexity index is 678. The Kier molecular flexibility index (Phi) is 4.72. The van der Waals surface area contributed by atoms with E-state index in [-0.39, 0.29) is 11.8 Å². The molecule has 1 aromatic rings. The standard InChI is InChI=1S/C17H23N3O2S/c18-13-17(8-9-17)14-23(21,22)19-16-7-4-10-20(12-16)11-15-5-2-1-3-6-15/h1-3,5-6,16,19H,4,7-12,14H2. The van der Waals surface area contributed by atoms with Crippen LogP contribution in [0.3, 0.4) is 0 Å². The van der Waals surface area contributed by atoms with Gasteiger partial charge in [0.25, 0.3) is 0 Å². The normalized spacial score (nSPS) is 24.0. The Morgan fingerprint density at radius 3 is 2.70 bits per heavy atom. The lowest BCUT2D eigenvalue weighted by Gasteiger charge is -2.33. The minimum atomic E-state index is -3.38. The Labute approximate surface area is 138 Å². The molecule has 2 fully saturated rings. The average molecular weight is 333 g/mol. The van der Waals surface area contributed by atoms with Crippen molar-refractivity contribution in [2.45, 2.75) is 38.3 Å². The molecule has 0 aromatic heterocycles. The van der Waals surface area contributed by atoms with Crippen LogP contribution in [0.5, 0.6) is 0 Å². The van der Waals surface area contributed by atoms with Crippen molar-refractivity contribution < 1.29 is 8.42 Å². The van der Waals surface area contributed by atoms with Gasteiger partial charge < -0.3 is 0 Å². The first-order valence-corrected chi connectivity index (χ1v) is 9.83. The molecule has 5 nitrogen and oxygen atoms in total.